The number of unbranched alkanes of at least 4 members (excludes halogenated alkanes) is 27. The van der Waals surface area contributed by atoms with Gasteiger partial charge in [-0.15, -0.1) is 0 Å². The van der Waals surface area contributed by atoms with Gasteiger partial charge in [0.1, 0.15) is 12.6 Å². The number of hydrogen-bond donors (Lipinski definition) is 0. The molecule has 0 bridgehead atoms. The minimum Gasteiger partial charge on any atom is -0.544 e. The summed E-state index contributed by atoms with van der Waals surface area (Å²) in [6.45, 7) is 4.65. The smallest absolute Gasteiger partial charge is 0.306 e. The van der Waals surface area contributed by atoms with Crippen LogP contribution in [-0.4, -0.2) is 75.5 Å². The standard InChI is InChI=1S/C51H95NO7/c1-6-8-10-12-14-16-18-20-21-22-23-24-25-26-27-28-29-30-32-33-35-37-39-41-49(53)58-46-47(45-57-44-43-48(51(55)56)52(3,4)5)59-50(54)42-40-38-36-34-31-19-17-15-13-11-9-7-2/h15,17,26-27,47-48H,6-14,16,18-25,28-46H2,1-5H3/b17-15+,27-26+. The number of esters is 2. The Morgan fingerprint density at radius 3 is 1.25 bits per heavy atom. The number of nitrogens with zero attached hydrogens (tertiary/aromatic N) is 1. The molecule has 0 N–H and O–H groups in total. The number of carboxylic acid groups (broad SMARTS) is 1. The second-order valence-corrected chi connectivity index (χ2v) is 18.0. The number of hydrogen-bond acceptors (Lipinski definition) is 7. The molecule has 0 aliphatic rings. The highest BCUT2D eigenvalue weighted by Gasteiger charge is 2.25. The number of allylic oxidation sites excluding steroid dienone is 4. The Kier molecular flexibility index (Phi) is 40.9. The van der Waals surface area contributed by atoms with Crippen molar-refractivity contribution in [2.24, 2.45) is 0 Å². The number of carbonyl (C=O) groups excluding carboxylic acids is 3. The average molecular weight is 834 g/mol. The molecule has 2 atom stereocenters. The molecule has 0 aromatic heterocycles. The van der Waals surface area contributed by atoms with Gasteiger partial charge < -0.3 is 28.6 Å². The van der Waals surface area contributed by atoms with Crippen molar-refractivity contribution in [3.63, 3.8) is 0 Å². The monoisotopic (exact) mass is 834 g/mol. The van der Waals surface area contributed by atoms with E-state index in [1.54, 1.807) is 21.1 Å². The summed E-state index contributed by atoms with van der Waals surface area (Å²) in [6, 6.07) is -0.725. The van der Waals surface area contributed by atoms with Gasteiger partial charge in [0.2, 0.25) is 0 Å². The third-order valence-electron chi connectivity index (χ3n) is 11.3. The number of quaternary nitrogens is 1. The predicted octanol–water partition coefficient (Wildman–Crippen LogP) is 12.7. The Balaban J connectivity index is 4.17. The summed E-state index contributed by atoms with van der Waals surface area (Å²) in [4.78, 5) is 36.9. The lowest BCUT2D eigenvalue weighted by atomic mass is 10.0. The third-order valence-corrected chi connectivity index (χ3v) is 11.3. The summed E-state index contributed by atoms with van der Waals surface area (Å²) in [6.07, 6.45) is 47.9. The molecule has 0 radical (unpaired) electrons. The van der Waals surface area contributed by atoms with Gasteiger partial charge in [-0.05, 0) is 64.2 Å². The van der Waals surface area contributed by atoms with E-state index in [9.17, 15) is 19.5 Å². The van der Waals surface area contributed by atoms with E-state index in [0.717, 1.165) is 51.4 Å². The minimum absolute atomic E-state index is 0.0388. The quantitative estimate of drug-likeness (QED) is 0.0260. The van der Waals surface area contributed by atoms with E-state index in [0.29, 0.717) is 12.8 Å². The fourth-order valence-electron chi connectivity index (χ4n) is 7.41. The van der Waals surface area contributed by atoms with Crippen molar-refractivity contribution in [2.75, 3.05) is 41.0 Å². The molecule has 0 saturated carbocycles. The normalized spacial score (nSPS) is 13.0. The van der Waals surface area contributed by atoms with Gasteiger partial charge in [0.15, 0.2) is 6.10 Å². The highest BCUT2D eigenvalue weighted by Crippen LogP contribution is 2.15. The maximum absolute atomic E-state index is 12.7. The average Bonchev–Trinajstić information content (AvgIpc) is 3.19. The lowest BCUT2D eigenvalue weighted by Crippen LogP contribution is -2.55. The summed E-state index contributed by atoms with van der Waals surface area (Å²) >= 11 is 0. The predicted molar refractivity (Wildman–Crippen MR) is 245 cm³/mol. The van der Waals surface area contributed by atoms with Crippen LogP contribution in [0.4, 0.5) is 0 Å². The Morgan fingerprint density at radius 2 is 0.847 bits per heavy atom. The lowest BCUT2D eigenvalue weighted by molar-refractivity contribution is -0.889. The van der Waals surface area contributed by atoms with Gasteiger partial charge in [0, 0.05) is 19.3 Å². The first-order chi connectivity index (χ1) is 28.6. The minimum atomic E-state index is -1.13. The molecule has 0 aliphatic carbocycles. The van der Waals surface area contributed by atoms with Crippen molar-refractivity contribution in [1.29, 1.82) is 0 Å². The van der Waals surface area contributed by atoms with Crippen LogP contribution in [0.2, 0.25) is 0 Å². The molecule has 0 aromatic rings. The number of ether oxygens (including phenoxy) is 3. The van der Waals surface area contributed by atoms with Gasteiger partial charge >= 0.3 is 11.9 Å². The molecule has 0 amide bonds. The summed E-state index contributed by atoms with van der Waals surface area (Å²) in [5, 5.41) is 11.6. The van der Waals surface area contributed by atoms with Gasteiger partial charge in [0.05, 0.1) is 40.3 Å². The zero-order chi connectivity index (χ0) is 43.5. The van der Waals surface area contributed by atoms with E-state index < -0.39 is 18.1 Å². The van der Waals surface area contributed by atoms with Crippen LogP contribution < -0.4 is 5.11 Å². The number of aliphatic carboxylic acids is 1. The first-order valence-electron chi connectivity index (χ1n) is 24.9. The van der Waals surface area contributed by atoms with Crippen LogP contribution in [0.5, 0.6) is 0 Å². The number of rotatable bonds is 45. The second kappa shape index (κ2) is 42.5. The van der Waals surface area contributed by atoms with E-state index in [2.05, 4.69) is 38.2 Å². The van der Waals surface area contributed by atoms with Gasteiger partial charge in [0.25, 0.3) is 0 Å². The summed E-state index contributed by atoms with van der Waals surface area (Å²) < 4.78 is 17.2. The lowest BCUT2D eigenvalue weighted by Gasteiger charge is -2.34. The topological polar surface area (TPSA) is 102 Å². The Morgan fingerprint density at radius 1 is 0.492 bits per heavy atom. The molecule has 0 aliphatic heterocycles. The maximum atomic E-state index is 12.7. The number of carboxylic acids is 1. The first-order valence-corrected chi connectivity index (χ1v) is 24.9. The highest BCUT2D eigenvalue weighted by atomic mass is 16.6. The molecule has 8 nitrogen and oxygen atoms in total. The zero-order valence-corrected chi connectivity index (χ0v) is 39.4. The first kappa shape index (κ1) is 56.8. The molecule has 0 rings (SSSR count). The van der Waals surface area contributed by atoms with Crippen LogP contribution in [-0.2, 0) is 28.6 Å². The van der Waals surface area contributed by atoms with Gasteiger partial charge in [-0.1, -0.05) is 173 Å². The van der Waals surface area contributed by atoms with Gasteiger partial charge in [-0.2, -0.15) is 0 Å². The van der Waals surface area contributed by atoms with Crippen LogP contribution in [0.25, 0.3) is 0 Å². The van der Waals surface area contributed by atoms with Crippen molar-refractivity contribution in [1.82, 2.24) is 0 Å². The number of likely N-dealkylation sites (N-methyl/N-ethyl adjacent to an activating group) is 1. The van der Waals surface area contributed by atoms with Crippen molar-refractivity contribution in [3.8, 4) is 0 Å². The SMILES string of the molecule is CCCCC/C=C/CCCCCCCC(=O)OC(COCCC(C(=O)[O-])[N+](C)(C)C)COC(=O)CCCCCCCCC/C=C/CCCCCCCCCCCCCC. The molecule has 8 heteroatoms. The Labute approximate surface area is 364 Å². The van der Waals surface area contributed by atoms with E-state index in [-0.39, 0.29) is 42.7 Å². The second-order valence-electron chi connectivity index (χ2n) is 18.0. The molecular formula is C51H95NO7. The maximum Gasteiger partial charge on any atom is 0.306 e. The van der Waals surface area contributed by atoms with E-state index in [1.807, 2.05) is 0 Å². The largest absolute Gasteiger partial charge is 0.544 e. The van der Waals surface area contributed by atoms with Crippen LogP contribution >= 0.6 is 0 Å². The fraction of sp³-hybridized carbons (Fsp3) is 0.863. The zero-order valence-electron chi connectivity index (χ0n) is 39.4. The van der Waals surface area contributed by atoms with E-state index in [1.165, 1.54) is 148 Å². The Hall–Kier alpha value is -2.19. The molecule has 0 aromatic carbocycles. The summed E-state index contributed by atoms with van der Waals surface area (Å²) in [7, 11) is 5.41. The van der Waals surface area contributed by atoms with Crippen molar-refractivity contribution < 1.29 is 38.2 Å². The Bertz CT molecular complexity index is 1020. The molecule has 0 spiro atoms. The van der Waals surface area contributed by atoms with E-state index >= 15 is 0 Å². The van der Waals surface area contributed by atoms with Crippen LogP contribution in [0.1, 0.15) is 232 Å². The van der Waals surface area contributed by atoms with Gasteiger partial charge in [-0.3, -0.25) is 9.59 Å². The fourth-order valence-corrected chi connectivity index (χ4v) is 7.41. The molecule has 0 heterocycles. The molecule has 0 saturated heterocycles. The van der Waals surface area contributed by atoms with E-state index in [4.69, 9.17) is 14.2 Å². The van der Waals surface area contributed by atoms with Crippen molar-refractivity contribution >= 4 is 17.9 Å². The number of carbonyl (C=O) groups is 3. The highest BCUT2D eigenvalue weighted by molar-refractivity contribution is 5.70. The van der Waals surface area contributed by atoms with Crippen LogP contribution in [0, 0.1) is 0 Å². The molecule has 346 valence electrons. The third kappa shape index (κ3) is 41.0. The molecule has 2 unspecified atom stereocenters. The molecule has 59 heavy (non-hydrogen) atoms. The van der Waals surface area contributed by atoms with Crippen molar-refractivity contribution in [3.05, 3.63) is 24.3 Å². The van der Waals surface area contributed by atoms with Crippen LogP contribution in [0.15, 0.2) is 24.3 Å². The van der Waals surface area contributed by atoms with Crippen LogP contribution in [0.3, 0.4) is 0 Å². The van der Waals surface area contributed by atoms with Gasteiger partial charge in [-0.25, -0.2) is 0 Å². The molecular weight excluding hydrogens is 739 g/mol. The molecule has 0 fully saturated rings. The summed E-state index contributed by atoms with van der Waals surface area (Å²) in [5.74, 6) is -1.74. The summed E-state index contributed by atoms with van der Waals surface area (Å²) in [5.41, 5.74) is 0. The van der Waals surface area contributed by atoms with Crippen molar-refractivity contribution in [2.45, 2.75) is 244 Å².